The van der Waals surface area contributed by atoms with E-state index in [0.29, 0.717) is 17.1 Å². The van der Waals surface area contributed by atoms with Crippen LogP contribution in [0.25, 0.3) is 0 Å². The van der Waals surface area contributed by atoms with Crippen molar-refractivity contribution in [1.29, 1.82) is 0 Å². The number of thiophene rings is 1. The van der Waals surface area contributed by atoms with Gasteiger partial charge in [-0.25, -0.2) is 0 Å². The summed E-state index contributed by atoms with van der Waals surface area (Å²) in [7, 11) is 0. The van der Waals surface area contributed by atoms with Gasteiger partial charge in [0.2, 0.25) is 0 Å². The molecule has 0 atom stereocenters. The van der Waals surface area contributed by atoms with Crippen molar-refractivity contribution in [2.24, 2.45) is 0 Å². The molecule has 0 saturated heterocycles. The molecule has 0 saturated carbocycles. The zero-order valence-corrected chi connectivity index (χ0v) is 13.4. The van der Waals surface area contributed by atoms with Gasteiger partial charge in [0.25, 0.3) is 5.91 Å². The number of amides is 1. The average Bonchev–Trinajstić information content (AvgIpc) is 3.11. The summed E-state index contributed by atoms with van der Waals surface area (Å²) in [6, 6.07) is 12.1. The van der Waals surface area contributed by atoms with Gasteiger partial charge in [0.15, 0.2) is 0 Å². The SMILES string of the molecule is Cc1ccc(Cn2cc(NC(=O)c3ccc(C)s3)cn2)cc1. The van der Waals surface area contributed by atoms with E-state index in [1.54, 1.807) is 6.20 Å². The number of hydrogen-bond acceptors (Lipinski definition) is 3. The Labute approximate surface area is 133 Å². The van der Waals surface area contributed by atoms with Gasteiger partial charge in [-0.05, 0) is 31.5 Å². The number of carbonyl (C=O) groups is 1. The van der Waals surface area contributed by atoms with E-state index < -0.39 is 0 Å². The zero-order valence-electron chi connectivity index (χ0n) is 12.5. The Morgan fingerprint density at radius 3 is 2.64 bits per heavy atom. The minimum absolute atomic E-state index is 0.0898. The molecule has 5 heteroatoms. The van der Waals surface area contributed by atoms with Crippen LogP contribution in [-0.2, 0) is 6.54 Å². The number of aromatic nitrogens is 2. The van der Waals surface area contributed by atoms with Crippen LogP contribution in [0.15, 0.2) is 48.8 Å². The third-order valence-corrected chi connectivity index (χ3v) is 4.32. The molecule has 2 aromatic heterocycles. The van der Waals surface area contributed by atoms with Crippen LogP contribution >= 0.6 is 11.3 Å². The number of carbonyl (C=O) groups excluding carboxylic acids is 1. The first kappa shape index (κ1) is 14.5. The quantitative estimate of drug-likeness (QED) is 0.795. The summed E-state index contributed by atoms with van der Waals surface area (Å²) in [6.07, 6.45) is 3.52. The number of benzene rings is 1. The maximum absolute atomic E-state index is 12.1. The highest BCUT2D eigenvalue weighted by atomic mass is 32.1. The van der Waals surface area contributed by atoms with Crippen molar-refractivity contribution in [3.8, 4) is 0 Å². The molecule has 1 N–H and O–H groups in total. The molecule has 1 aromatic carbocycles. The fourth-order valence-electron chi connectivity index (χ4n) is 2.14. The fourth-order valence-corrected chi connectivity index (χ4v) is 2.91. The molecule has 0 spiro atoms. The highest BCUT2D eigenvalue weighted by Gasteiger charge is 2.09. The molecule has 0 bridgehead atoms. The second-order valence-corrected chi connectivity index (χ2v) is 6.56. The van der Waals surface area contributed by atoms with Crippen LogP contribution in [0.3, 0.4) is 0 Å². The van der Waals surface area contributed by atoms with Gasteiger partial charge in [-0.2, -0.15) is 5.10 Å². The van der Waals surface area contributed by atoms with E-state index in [1.807, 2.05) is 29.9 Å². The number of anilines is 1. The normalized spacial score (nSPS) is 10.6. The predicted molar refractivity (Wildman–Crippen MR) is 89.5 cm³/mol. The Bertz CT molecular complexity index is 786. The Balaban J connectivity index is 1.66. The van der Waals surface area contributed by atoms with Crippen molar-refractivity contribution in [2.45, 2.75) is 20.4 Å². The van der Waals surface area contributed by atoms with Crippen LogP contribution < -0.4 is 5.32 Å². The van der Waals surface area contributed by atoms with Gasteiger partial charge in [-0.1, -0.05) is 29.8 Å². The molecule has 1 amide bonds. The van der Waals surface area contributed by atoms with E-state index in [9.17, 15) is 4.79 Å². The summed E-state index contributed by atoms with van der Waals surface area (Å²) in [5.41, 5.74) is 3.13. The lowest BCUT2D eigenvalue weighted by atomic mass is 10.1. The molecule has 3 aromatic rings. The molecule has 0 aliphatic heterocycles. The molecule has 3 rings (SSSR count). The summed E-state index contributed by atoms with van der Waals surface area (Å²) in [6.45, 7) is 4.74. The van der Waals surface area contributed by atoms with Crippen LogP contribution in [0.2, 0.25) is 0 Å². The first-order valence-electron chi connectivity index (χ1n) is 7.06. The summed E-state index contributed by atoms with van der Waals surface area (Å²) in [4.78, 5) is 13.9. The van der Waals surface area contributed by atoms with Crippen molar-refractivity contribution >= 4 is 22.9 Å². The van der Waals surface area contributed by atoms with Crippen LogP contribution in [0.5, 0.6) is 0 Å². The molecular formula is C17H17N3OS. The lowest BCUT2D eigenvalue weighted by molar-refractivity contribution is 0.103. The summed E-state index contributed by atoms with van der Waals surface area (Å²) in [5, 5.41) is 7.17. The molecule has 0 fully saturated rings. The number of nitrogens with one attached hydrogen (secondary N) is 1. The third kappa shape index (κ3) is 3.43. The van der Waals surface area contributed by atoms with Gasteiger partial charge in [-0.15, -0.1) is 11.3 Å². The van der Waals surface area contributed by atoms with Crippen molar-refractivity contribution in [2.75, 3.05) is 5.32 Å². The van der Waals surface area contributed by atoms with Crippen LogP contribution in [0, 0.1) is 13.8 Å². The zero-order chi connectivity index (χ0) is 15.5. The molecule has 4 nitrogen and oxygen atoms in total. The maximum atomic E-state index is 12.1. The topological polar surface area (TPSA) is 46.9 Å². The maximum Gasteiger partial charge on any atom is 0.265 e. The molecular weight excluding hydrogens is 294 g/mol. The van der Waals surface area contributed by atoms with E-state index in [4.69, 9.17) is 0 Å². The minimum Gasteiger partial charge on any atom is -0.319 e. The van der Waals surface area contributed by atoms with Gasteiger partial charge >= 0.3 is 0 Å². The Hall–Kier alpha value is -2.40. The van der Waals surface area contributed by atoms with Gasteiger partial charge in [0.1, 0.15) is 0 Å². The number of hydrogen-bond donors (Lipinski definition) is 1. The van der Waals surface area contributed by atoms with Crippen molar-refractivity contribution in [3.05, 3.63) is 69.7 Å². The second-order valence-electron chi connectivity index (χ2n) is 5.28. The van der Waals surface area contributed by atoms with Gasteiger partial charge in [0.05, 0.1) is 23.3 Å². The smallest absolute Gasteiger partial charge is 0.265 e. The Morgan fingerprint density at radius 1 is 1.18 bits per heavy atom. The first-order valence-corrected chi connectivity index (χ1v) is 7.87. The van der Waals surface area contributed by atoms with E-state index in [1.165, 1.54) is 22.5 Å². The minimum atomic E-state index is -0.0898. The van der Waals surface area contributed by atoms with Gasteiger partial charge < -0.3 is 5.32 Å². The highest BCUT2D eigenvalue weighted by molar-refractivity contribution is 7.14. The molecule has 2 heterocycles. The molecule has 22 heavy (non-hydrogen) atoms. The summed E-state index contributed by atoms with van der Waals surface area (Å²) < 4.78 is 1.82. The van der Waals surface area contributed by atoms with E-state index >= 15 is 0 Å². The monoisotopic (exact) mass is 311 g/mol. The molecule has 0 aliphatic rings. The van der Waals surface area contributed by atoms with E-state index in [0.717, 1.165) is 4.88 Å². The fraction of sp³-hybridized carbons (Fsp3) is 0.176. The third-order valence-electron chi connectivity index (χ3n) is 3.32. The summed E-state index contributed by atoms with van der Waals surface area (Å²) >= 11 is 1.49. The number of aryl methyl sites for hydroxylation is 2. The summed E-state index contributed by atoms with van der Waals surface area (Å²) in [5.74, 6) is -0.0898. The molecule has 0 aliphatic carbocycles. The lowest BCUT2D eigenvalue weighted by Crippen LogP contribution is -2.09. The van der Waals surface area contributed by atoms with Crippen molar-refractivity contribution in [3.63, 3.8) is 0 Å². The molecule has 112 valence electrons. The van der Waals surface area contributed by atoms with Crippen molar-refractivity contribution < 1.29 is 4.79 Å². The van der Waals surface area contributed by atoms with Gasteiger partial charge in [0, 0.05) is 11.1 Å². The van der Waals surface area contributed by atoms with E-state index in [-0.39, 0.29) is 5.91 Å². The predicted octanol–water partition coefficient (Wildman–Crippen LogP) is 3.86. The number of rotatable bonds is 4. The van der Waals surface area contributed by atoms with E-state index in [2.05, 4.69) is 41.6 Å². The standard InChI is InChI=1S/C17H17N3OS/c1-12-3-6-14(7-4-12)10-20-11-15(9-18-20)19-17(21)16-8-5-13(2)22-16/h3-9,11H,10H2,1-2H3,(H,19,21). The first-order chi connectivity index (χ1) is 10.6. The molecule has 0 unspecified atom stereocenters. The average molecular weight is 311 g/mol. The van der Waals surface area contributed by atoms with Crippen LogP contribution in [0.1, 0.15) is 25.7 Å². The van der Waals surface area contributed by atoms with Gasteiger partial charge in [-0.3, -0.25) is 9.48 Å². The lowest BCUT2D eigenvalue weighted by Gasteiger charge is -2.02. The Morgan fingerprint density at radius 2 is 1.95 bits per heavy atom. The highest BCUT2D eigenvalue weighted by Crippen LogP contribution is 2.17. The Kier molecular flexibility index (Phi) is 4.06. The number of nitrogens with zero attached hydrogens (tertiary/aromatic N) is 2. The molecule has 0 radical (unpaired) electrons. The van der Waals surface area contributed by atoms with Crippen molar-refractivity contribution in [1.82, 2.24) is 9.78 Å². The second kappa shape index (κ2) is 6.15. The van der Waals surface area contributed by atoms with Crippen LogP contribution in [0.4, 0.5) is 5.69 Å². The largest absolute Gasteiger partial charge is 0.319 e. The van der Waals surface area contributed by atoms with Crippen LogP contribution in [-0.4, -0.2) is 15.7 Å².